The van der Waals surface area contributed by atoms with Crippen molar-refractivity contribution < 1.29 is 24.3 Å². The number of rotatable bonds is 0. The molecule has 2 heteroatoms. The van der Waals surface area contributed by atoms with Crippen LogP contribution in [0.1, 0.15) is 6.92 Å². The van der Waals surface area contributed by atoms with Crippen LogP contribution in [0.2, 0.25) is 0 Å². The van der Waals surface area contributed by atoms with E-state index in [-0.39, 0.29) is 19.5 Å². The van der Waals surface area contributed by atoms with E-state index in [9.17, 15) is 0 Å². The molecule has 0 aliphatic rings. The molecule has 1 nitrogen and oxygen atoms in total. The molecule has 0 unspecified atom stereocenters. The molecule has 0 aromatic rings. The van der Waals surface area contributed by atoms with Crippen LogP contribution >= 0.6 is 0 Å². The fourth-order valence-corrected chi connectivity index (χ4v) is 0. The van der Waals surface area contributed by atoms with Crippen LogP contribution in [0.15, 0.2) is 0 Å². The summed E-state index contributed by atoms with van der Waals surface area (Å²) in [4.78, 5) is 8.68. The summed E-state index contributed by atoms with van der Waals surface area (Å²) in [5, 5.41) is 0. The Labute approximate surface area is 38.1 Å². The predicted octanol–water partition coefficient (Wildman–Crippen LogP) is 0.113. The van der Waals surface area contributed by atoms with Gasteiger partial charge in [-0.15, -0.1) is 0 Å². The van der Waals surface area contributed by atoms with Crippen molar-refractivity contribution in [3.05, 3.63) is 0 Å². The van der Waals surface area contributed by atoms with E-state index in [1.54, 1.807) is 0 Å². The van der Waals surface area contributed by atoms with Gasteiger partial charge in [0.25, 0.3) is 0 Å². The monoisotopic (exact) mass is 107 g/mol. The average molecular weight is 108 g/mol. The second kappa shape index (κ2) is 10.4. The molecule has 0 atom stereocenters. The Bertz CT molecular complexity index is 13.5. The molecule has 18 valence electrons. The molecular formula is C2H3OZn+. The van der Waals surface area contributed by atoms with Crippen LogP contribution in [0.4, 0.5) is 0 Å². The van der Waals surface area contributed by atoms with Crippen molar-refractivity contribution >= 4 is 6.29 Å². The topological polar surface area (TPSA) is 17.1 Å². The zero-order chi connectivity index (χ0) is 2.71. The molecule has 0 spiro atoms. The third-order valence-electron chi connectivity index (χ3n) is 0. The maximum atomic E-state index is 8.68. The van der Waals surface area contributed by atoms with E-state index in [0.29, 0.717) is 0 Å². The maximum Gasteiger partial charge on any atom is 2.00 e. The molecule has 0 N–H and O–H groups in total. The molecule has 0 radical (unpaired) electrons. The van der Waals surface area contributed by atoms with E-state index in [2.05, 4.69) is 0 Å². The van der Waals surface area contributed by atoms with Gasteiger partial charge in [0.1, 0.15) is 0 Å². The molecule has 0 fully saturated rings. The zero-order valence-corrected chi connectivity index (χ0v) is 5.58. The van der Waals surface area contributed by atoms with Gasteiger partial charge in [0.15, 0.2) is 0 Å². The Hall–Kier alpha value is 0.293. The summed E-state index contributed by atoms with van der Waals surface area (Å²) in [5.41, 5.74) is 0. The van der Waals surface area contributed by atoms with E-state index in [1.165, 1.54) is 13.2 Å². The zero-order valence-electron chi connectivity index (χ0n) is 2.62. The molecule has 0 aromatic heterocycles. The van der Waals surface area contributed by atoms with Crippen molar-refractivity contribution in [2.75, 3.05) is 0 Å². The Balaban J connectivity index is 0. The second-order valence-electron chi connectivity index (χ2n) is 0.204. The van der Waals surface area contributed by atoms with Crippen LogP contribution < -0.4 is 0 Å². The molecule has 0 rings (SSSR count). The van der Waals surface area contributed by atoms with Gasteiger partial charge in [0.05, 0.1) is 0 Å². The molecule has 4 heavy (non-hydrogen) atoms. The van der Waals surface area contributed by atoms with Crippen molar-refractivity contribution in [2.45, 2.75) is 6.92 Å². The van der Waals surface area contributed by atoms with Gasteiger partial charge in [-0.2, -0.15) is 6.92 Å². The van der Waals surface area contributed by atoms with Crippen molar-refractivity contribution in [1.29, 1.82) is 0 Å². The Morgan fingerprint density at radius 1 is 1.75 bits per heavy atom. The van der Waals surface area contributed by atoms with Gasteiger partial charge >= 0.3 is 19.5 Å². The minimum Gasteiger partial charge on any atom is -0.542 e. The molecule has 0 aromatic carbocycles. The van der Waals surface area contributed by atoms with Crippen LogP contribution in [0.25, 0.3) is 0 Å². The molecule has 0 amide bonds. The Morgan fingerprint density at radius 2 is 1.75 bits per heavy atom. The van der Waals surface area contributed by atoms with Crippen LogP contribution in [0.5, 0.6) is 0 Å². The van der Waals surface area contributed by atoms with Gasteiger partial charge in [-0.1, -0.05) is 0 Å². The normalized spacial score (nSPS) is 3.25. The van der Waals surface area contributed by atoms with Gasteiger partial charge in [0.2, 0.25) is 0 Å². The quantitative estimate of drug-likeness (QED) is 0.318. The SMILES string of the molecule is C[C-]=O.[Zn+2]. The minimum atomic E-state index is 0. The molecule has 0 saturated carbocycles. The second-order valence-corrected chi connectivity index (χ2v) is 0.204. The smallest absolute Gasteiger partial charge is 0.542 e. The first kappa shape index (κ1) is 8.85. The van der Waals surface area contributed by atoms with Crippen molar-refractivity contribution in [2.24, 2.45) is 0 Å². The average Bonchev–Trinajstić information content (AvgIpc) is 0.918. The standard InChI is InChI=1S/C2H3O.Zn/c1-2-3;/h1H3;/q-1;+2. The maximum absolute atomic E-state index is 8.68. The minimum absolute atomic E-state index is 0. The molecular weight excluding hydrogens is 105 g/mol. The molecule has 0 aliphatic heterocycles. The van der Waals surface area contributed by atoms with Gasteiger partial charge in [-0.3, -0.25) is 6.29 Å². The summed E-state index contributed by atoms with van der Waals surface area (Å²) in [6, 6.07) is 0. The number of hydrogen-bond donors (Lipinski definition) is 0. The van der Waals surface area contributed by atoms with E-state index in [1.807, 2.05) is 0 Å². The fourth-order valence-electron chi connectivity index (χ4n) is 0. The molecule has 0 heterocycles. The van der Waals surface area contributed by atoms with Crippen molar-refractivity contribution in [3.63, 3.8) is 0 Å². The summed E-state index contributed by atoms with van der Waals surface area (Å²) in [6.07, 6.45) is 1.50. The number of hydrogen-bond acceptors (Lipinski definition) is 1. The molecule has 0 bridgehead atoms. The summed E-state index contributed by atoms with van der Waals surface area (Å²) in [6.45, 7) is 1.32. The number of carbonyl (C=O) groups excluding carboxylic acids is 1. The Kier molecular flexibility index (Phi) is 22.9. The van der Waals surface area contributed by atoms with Crippen molar-refractivity contribution in [1.82, 2.24) is 0 Å². The molecule has 0 aliphatic carbocycles. The van der Waals surface area contributed by atoms with Gasteiger partial charge in [-0.05, 0) is 0 Å². The molecule has 0 saturated heterocycles. The third-order valence-corrected chi connectivity index (χ3v) is 0. The summed E-state index contributed by atoms with van der Waals surface area (Å²) in [7, 11) is 0. The first-order valence-electron chi connectivity index (χ1n) is 0.704. The summed E-state index contributed by atoms with van der Waals surface area (Å²) in [5.74, 6) is 0. The van der Waals surface area contributed by atoms with E-state index < -0.39 is 0 Å². The first-order chi connectivity index (χ1) is 1.41. The summed E-state index contributed by atoms with van der Waals surface area (Å²) < 4.78 is 0. The van der Waals surface area contributed by atoms with Gasteiger partial charge in [-0.25, -0.2) is 0 Å². The Morgan fingerprint density at radius 3 is 1.75 bits per heavy atom. The van der Waals surface area contributed by atoms with E-state index >= 15 is 0 Å². The van der Waals surface area contributed by atoms with Crippen LogP contribution in [-0.2, 0) is 24.3 Å². The largest absolute Gasteiger partial charge is 2.00 e. The van der Waals surface area contributed by atoms with Crippen LogP contribution in [-0.4, -0.2) is 6.29 Å². The predicted molar refractivity (Wildman–Crippen MR) is 11.4 cm³/mol. The van der Waals surface area contributed by atoms with Gasteiger partial charge in [0, 0.05) is 0 Å². The van der Waals surface area contributed by atoms with Crippen molar-refractivity contribution in [3.8, 4) is 0 Å². The van der Waals surface area contributed by atoms with E-state index in [0.717, 1.165) is 0 Å². The van der Waals surface area contributed by atoms with Gasteiger partial charge < -0.3 is 4.79 Å². The first-order valence-corrected chi connectivity index (χ1v) is 0.704. The fraction of sp³-hybridized carbons (Fsp3) is 0.500. The van der Waals surface area contributed by atoms with E-state index in [4.69, 9.17) is 4.79 Å². The van der Waals surface area contributed by atoms with Crippen LogP contribution in [0, 0.1) is 0 Å². The summed E-state index contributed by atoms with van der Waals surface area (Å²) >= 11 is 0. The third kappa shape index (κ3) is 44.6. The van der Waals surface area contributed by atoms with Crippen LogP contribution in [0.3, 0.4) is 0 Å².